The van der Waals surface area contributed by atoms with Crippen LogP contribution in [0.2, 0.25) is 0 Å². The van der Waals surface area contributed by atoms with E-state index in [1.807, 2.05) is 18.0 Å². The van der Waals surface area contributed by atoms with Gasteiger partial charge >= 0.3 is 0 Å². The molecular formula is C9H9N3S. The molecule has 1 aromatic heterocycles. The summed E-state index contributed by atoms with van der Waals surface area (Å²) >= 11 is 1.47. The van der Waals surface area contributed by atoms with Gasteiger partial charge in [0.2, 0.25) is 0 Å². The van der Waals surface area contributed by atoms with Gasteiger partial charge < -0.3 is 0 Å². The number of hydrogen-bond donors (Lipinski definition) is 0. The Labute approximate surface area is 81.4 Å². The van der Waals surface area contributed by atoms with E-state index < -0.39 is 0 Å². The van der Waals surface area contributed by atoms with E-state index in [2.05, 4.69) is 12.1 Å². The molecule has 0 saturated carbocycles. The predicted octanol–water partition coefficient (Wildman–Crippen LogP) is 1.58. The molecule has 66 valence electrons. The van der Waals surface area contributed by atoms with Gasteiger partial charge in [-0.15, -0.1) is 11.3 Å². The van der Waals surface area contributed by atoms with Crippen molar-refractivity contribution in [1.29, 1.82) is 10.5 Å². The Balaban J connectivity index is 2.56. The molecule has 0 radical (unpaired) electrons. The van der Waals surface area contributed by atoms with Gasteiger partial charge in [0.25, 0.3) is 0 Å². The van der Waals surface area contributed by atoms with Crippen molar-refractivity contribution in [3.05, 3.63) is 21.9 Å². The molecule has 0 N–H and O–H groups in total. The van der Waals surface area contributed by atoms with Crippen LogP contribution < -0.4 is 0 Å². The van der Waals surface area contributed by atoms with E-state index in [9.17, 15) is 0 Å². The Bertz CT molecular complexity index is 356. The molecule has 13 heavy (non-hydrogen) atoms. The third kappa shape index (κ3) is 2.87. The molecule has 1 aromatic rings. The van der Waals surface area contributed by atoms with Gasteiger partial charge in [-0.2, -0.15) is 10.5 Å². The Hall–Kier alpha value is -1.36. The fourth-order valence-electron chi connectivity index (χ4n) is 0.966. The summed E-state index contributed by atoms with van der Waals surface area (Å²) in [4.78, 5) is 3.75. The number of hydrogen-bond acceptors (Lipinski definition) is 4. The molecule has 0 amide bonds. The molecule has 0 bridgehead atoms. The van der Waals surface area contributed by atoms with Crippen LogP contribution >= 0.6 is 11.3 Å². The van der Waals surface area contributed by atoms with Crippen LogP contribution in [0.15, 0.2) is 12.1 Å². The van der Waals surface area contributed by atoms with E-state index in [1.165, 1.54) is 11.3 Å². The van der Waals surface area contributed by atoms with Crippen LogP contribution in [0, 0.1) is 22.7 Å². The lowest BCUT2D eigenvalue weighted by Crippen LogP contribution is -2.16. The largest absolute Gasteiger partial charge is 0.289 e. The van der Waals surface area contributed by atoms with Crippen molar-refractivity contribution in [2.24, 2.45) is 0 Å². The maximum Gasteiger partial charge on any atom is 0.110 e. The zero-order valence-corrected chi connectivity index (χ0v) is 8.14. The lowest BCUT2D eigenvalue weighted by molar-refractivity contribution is 0.371. The molecule has 4 heteroatoms. The summed E-state index contributed by atoms with van der Waals surface area (Å²) in [6.45, 7) is 1.15. The Kier molecular flexibility index (Phi) is 3.45. The van der Waals surface area contributed by atoms with Crippen LogP contribution in [0.5, 0.6) is 0 Å². The van der Waals surface area contributed by atoms with Gasteiger partial charge in [0.1, 0.15) is 10.9 Å². The number of nitriles is 2. The normalized spacial score (nSPS) is 9.54. The van der Waals surface area contributed by atoms with E-state index >= 15 is 0 Å². The first kappa shape index (κ1) is 9.73. The number of rotatable bonds is 3. The van der Waals surface area contributed by atoms with Crippen LogP contribution in [0.4, 0.5) is 0 Å². The van der Waals surface area contributed by atoms with Crippen molar-refractivity contribution < 1.29 is 0 Å². The minimum absolute atomic E-state index is 0.416. The summed E-state index contributed by atoms with van der Waals surface area (Å²) in [6.07, 6.45) is 0. The number of nitrogens with zero attached hydrogens (tertiary/aromatic N) is 3. The van der Waals surface area contributed by atoms with E-state index in [0.29, 0.717) is 6.54 Å². The lowest BCUT2D eigenvalue weighted by Gasteiger charge is -2.09. The van der Waals surface area contributed by atoms with Crippen molar-refractivity contribution in [2.75, 3.05) is 13.6 Å². The molecule has 3 nitrogen and oxygen atoms in total. The summed E-state index contributed by atoms with van der Waals surface area (Å²) < 4.78 is 0. The highest BCUT2D eigenvalue weighted by Gasteiger charge is 2.02. The number of thiophene rings is 1. The van der Waals surface area contributed by atoms with Crippen molar-refractivity contribution in [1.82, 2.24) is 4.90 Å². The molecule has 1 heterocycles. The summed E-state index contributed by atoms with van der Waals surface area (Å²) in [5.41, 5.74) is 0. The first-order chi connectivity index (χ1) is 6.26. The fourth-order valence-corrected chi connectivity index (χ4v) is 1.85. The zero-order valence-electron chi connectivity index (χ0n) is 7.32. The molecule has 0 fully saturated rings. The third-order valence-electron chi connectivity index (χ3n) is 1.54. The smallest absolute Gasteiger partial charge is 0.110 e. The van der Waals surface area contributed by atoms with E-state index in [0.717, 1.165) is 16.3 Å². The standard InChI is InChI=1S/C9H9N3S/c1-12(5-4-10)7-9-3-2-8(6-11)13-9/h2-3H,5,7H2,1H3. The lowest BCUT2D eigenvalue weighted by atomic mass is 10.4. The van der Waals surface area contributed by atoms with Gasteiger partial charge in [0.15, 0.2) is 0 Å². The summed E-state index contributed by atoms with van der Waals surface area (Å²) in [7, 11) is 1.88. The molecule has 0 atom stereocenters. The molecule has 0 aliphatic heterocycles. The summed E-state index contributed by atoms with van der Waals surface area (Å²) in [6, 6.07) is 7.90. The Morgan fingerprint density at radius 1 is 1.46 bits per heavy atom. The molecular weight excluding hydrogens is 182 g/mol. The first-order valence-electron chi connectivity index (χ1n) is 3.80. The second-order valence-electron chi connectivity index (χ2n) is 2.71. The van der Waals surface area contributed by atoms with Crippen molar-refractivity contribution in [3.8, 4) is 12.1 Å². The molecule has 0 saturated heterocycles. The molecule has 0 aromatic carbocycles. The quantitative estimate of drug-likeness (QED) is 0.681. The molecule has 0 aliphatic rings. The van der Waals surface area contributed by atoms with Crippen molar-refractivity contribution in [3.63, 3.8) is 0 Å². The van der Waals surface area contributed by atoms with Crippen molar-refractivity contribution in [2.45, 2.75) is 6.54 Å². The third-order valence-corrected chi connectivity index (χ3v) is 2.51. The van der Waals surface area contributed by atoms with Gasteiger partial charge in [0.05, 0.1) is 12.6 Å². The monoisotopic (exact) mass is 191 g/mol. The average molecular weight is 191 g/mol. The highest BCUT2D eigenvalue weighted by Crippen LogP contribution is 2.16. The fraction of sp³-hybridized carbons (Fsp3) is 0.333. The molecule has 1 rings (SSSR count). The van der Waals surface area contributed by atoms with Gasteiger partial charge in [-0.05, 0) is 19.2 Å². The summed E-state index contributed by atoms with van der Waals surface area (Å²) in [5.74, 6) is 0. The van der Waals surface area contributed by atoms with Gasteiger partial charge in [0, 0.05) is 11.4 Å². The van der Waals surface area contributed by atoms with Crippen LogP contribution in [0.3, 0.4) is 0 Å². The summed E-state index contributed by atoms with van der Waals surface area (Å²) in [5, 5.41) is 17.0. The van der Waals surface area contributed by atoms with Crippen LogP contribution in [0.1, 0.15) is 9.75 Å². The van der Waals surface area contributed by atoms with Gasteiger partial charge in [-0.3, -0.25) is 4.90 Å². The zero-order chi connectivity index (χ0) is 9.68. The van der Waals surface area contributed by atoms with Crippen LogP contribution in [-0.2, 0) is 6.54 Å². The van der Waals surface area contributed by atoms with E-state index in [4.69, 9.17) is 10.5 Å². The van der Waals surface area contributed by atoms with E-state index in [1.54, 1.807) is 6.07 Å². The molecule has 0 aliphatic carbocycles. The Morgan fingerprint density at radius 3 is 2.77 bits per heavy atom. The second-order valence-corrected chi connectivity index (χ2v) is 3.88. The molecule has 0 spiro atoms. The van der Waals surface area contributed by atoms with E-state index in [-0.39, 0.29) is 0 Å². The topological polar surface area (TPSA) is 50.8 Å². The molecule has 0 unspecified atom stereocenters. The Morgan fingerprint density at radius 2 is 2.23 bits per heavy atom. The SMILES string of the molecule is CN(CC#N)Cc1ccc(C#N)s1. The maximum absolute atomic E-state index is 8.58. The van der Waals surface area contributed by atoms with Crippen LogP contribution in [-0.4, -0.2) is 18.5 Å². The highest BCUT2D eigenvalue weighted by molar-refractivity contribution is 7.12. The minimum Gasteiger partial charge on any atom is -0.289 e. The predicted molar refractivity (Wildman–Crippen MR) is 51.0 cm³/mol. The highest BCUT2D eigenvalue weighted by atomic mass is 32.1. The first-order valence-corrected chi connectivity index (χ1v) is 4.62. The maximum atomic E-state index is 8.58. The minimum atomic E-state index is 0.416. The second kappa shape index (κ2) is 4.61. The van der Waals surface area contributed by atoms with Gasteiger partial charge in [-0.1, -0.05) is 0 Å². The average Bonchev–Trinajstić information content (AvgIpc) is 2.52. The van der Waals surface area contributed by atoms with Crippen molar-refractivity contribution >= 4 is 11.3 Å². The van der Waals surface area contributed by atoms with Crippen LogP contribution in [0.25, 0.3) is 0 Å². The van der Waals surface area contributed by atoms with Gasteiger partial charge in [-0.25, -0.2) is 0 Å².